The molecule has 0 bridgehead atoms. The molecule has 102 valence electrons. The summed E-state index contributed by atoms with van der Waals surface area (Å²) < 4.78 is 15.4. The smallest absolute Gasteiger partial charge is 0.337 e. The first-order valence-corrected chi connectivity index (χ1v) is 5.96. The van der Waals surface area contributed by atoms with Crippen molar-refractivity contribution in [1.82, 2.24) is 0 Å². The maximum Gasteiger partial charge on any atom is 0.337 e. The van der Waals surface area contributed by atoms with Gasteiger partial charge < -0.3 is 14.2 Å². The van der Waals surface area contributed by atoms with Gasteiger partial charge in [0.25, 0.3) is 0 Å². The largest absolute Gasteiger partial charge is 0.493 e. The van der Waals surface area contributed by atoms with Gasteiger partial charge in [-0.15, -0.1) is 5.73 Å². The Bertz CT molecular complexity index is 473. The maximum absolute atomic E-state index is 11.4. The molecule has 0 aliphatic heterocycles. The fraction of sp³-hybridized carbons (Fsp3) is 0.333. The lowest BCUT2D eigenvalue weighted by molar-refractivity contribution is 0.0600. The van der Waals surface area contributed by atoms with Crippen LogP contribution in [0.4, 0.5) is 0 Å². The van der Waals surface area contributed by atoms with E-state index in [1.165, 1.54) is 14.2 Å². The molecular weight excluding hydrogens is 244 g/mol. The van der Waals surface area contributed by atoms with Crippen molar-refractivity contribution in [3.8, 4) is 11.5 Å². The van der Waals surface area contributed by atoms with Crippen molar-refractivity contribution in [3.63, 3.8) is 0 Å². The van der Waals surface area contributed by atoms with Gasteiger partial charge in [-0.25, -0.2) is 4.79 Å². The zero-order valence-electron chi connectivity index (χ0n) is 11.3. The molecule has 1 rings (SSSR count). The van der Waals surface area contributed by atoms with Crippen LogP contribution in [-0.4, -0.2) is 26.8 Å². The maximum atomic E-state index is 11.4. The molecule has 0 saturated carbocycles. The van der Waals surface area contributed by atoms with Crippen molar-refractivity contribution in [2.75, 3.05) is 20.8 Å². The molecular formula is C15H18O4. The van der Waals surface area contributed by atoms with Gasteiger partial charge in [-0.2, -0.15) is 0 Å². The summed E-state index contributed by atoms with van der Waals surface area (Å²) in [6, 6.07) is 4.95. The highest BCUT2D eigenvalue weighted by molar-refractivity contribution is 5.90. The van der Waals surface area contributed by atoms with Crippen LogP contribution >= 0.6 is 0 Å². The van der Waals surface area contributed by atoms with E-state index in [4.69, 9.17) is 9.47 Å². The Kier molecular flexibility index (Phi) is 6.27. The van der Waals surface area contributed by atoms with Gasteiger partial charge in [0.15, 0.2) is 11.5 Å². The van der Waals surface area contributed by atoms with E-state index in [2.05, 4.69) is 17.0 Å². The van der Waals surface area contributed by atoms with Crippen LogP contribution in [0.25, 0.3) is 0 Å². The summed E-state index contributed by atoms with van der Waals surface area (Å²) in [5, 5.41) is 0. The number of hydrogen-bond acceptors (Lipinski definition) is 4. The molecule has 1 aromatic carbocycles. The van der Waals surface area contributed by atoms with Crippen molar-refractivity contribution >= 4 is 5.97 Å². The number of benzene rings is 1. The zero-order valence-corrected chi connectivity index (χ0v) is 11.3. The quantitative estimate of drug-likeness (QED) is 0.430. The van der Waals surface area contributed by atoms with Gasteiger partial charge in [-0.05, 0) is 37.1 Å². The fourth-order valence-corrected chi connectivity index (χ4v) is 1.50. The monoisotopic (exact) mass is 262 g/mol. The van der Waals surface area contributed by atoms with Crippen molar-refractivity contribution in [2.45, 2.75) is 12.8 Å². The Morgan fingerprint density at radius 2 is 2.16 bits per heavy atom. The Balaban J connectivity index is 2.67. The van der Waals surface area contributed by atoms with Gasteiger partial charge in [0.1, 0.15) is 0 Å². The Morgan fingerprint density at radius 1 is 1.37 bits per heavy atom. The van der Waals surface area contributed by atoms with E-state index < -0.39 is 5.97 Å². The SMILES string of the molecule is C=C=CCCCOc1ccc(C(=O)OC)cc1OC. The summed E-state index contributed by atoms with van der Waals surface area (Å²) >= 11 is 0. The van der Waals surface area contributed by atoms with Crippen LogP contribution < -0.4 is 9.47 Å². The number of unbranched alkanes of at least 4 members (excludes halogenated alkanes) is 1. The first-order valence-electron chi connectivity index (χ1n) is 5.96. The molecule has 0 aliphatic carbocycles. The minimum atomic E-state index is -0.402. The number of esters is 1. The summed E-state index contributed by atoms with van der Waals surface area (Å²) in [7, 11) is 2.87. The minimum Gasteiger partial charge on any atom is -0.493 e. The summed E-state index contributed by atoms with van der Waals surface area (Å²) in [5.41, 5.74) is 3.14. The molecule has 1 aromatic rings. The van der Waals surface area contributed by atoms with Crippen LogP contribution in [-0.2, 0) is 4.74 Å². The van der Waals surface area contributed by atoms with E-state index in [0.717, 1.165) is 12.8 Å². The van der Waals surface area contributed by atoms with Gasteiger partial charge >= 0.3 is 5.97 Å². The van der Waals surface area contributed by atoms with Gasteiger partial charge in [0.2, 0.25) is 0 Å². The van der Waals surface area contributed by atoms with Gasteiger partial charge in [-0.3, -0.25) is 0 Å². The third kappa shape index (κ3) is 4.53. The Hall–Kier alpha value is -2.19. The summed E-state index contributed by atoms with van der Waals surface area (Å²) in [6.45, 7) is 4.05. The Morgan fingerprint density at radius 3 is 2.79 bits per heavy atom. The van der Waals surface area contributed by atoms with E-state index in [1.807, 2.05) is 6.08 Å². The molecule has 19 heavy (non-hydrogen) atoms. The molecule has 0 saturated heterocycles. The van der Waals surface area contributed by atoms with Crippen LogP contribution in [0.15, 0.2) is 36.6 Å². The molecule has 0 fully saturated rings. The third-order valence-corrected chi connectivity index (χ3v) is 2.48. The van der Waals surface area contributed by atoms with Gasteiger partial charge in [0.05, 0.1) is 26.4 Å². The number of carbonyl (C=O) groups is 1. The molecule has 0 N–H and O–H groups in total. The van der Waals surface area contributed by atoms with Crippen LogP contribution in [0.2, 0.25) is 0 Å². The second-order valence-electron chi connectivity index (χ2n) is 3.76. The molecule has 0 amide bonds. The van der Waals surface area contributed by atoms with Gasteiger partial charge in [-0.1, -0.05) is 6.58 Å². The third-order valence-electron chi connectivity index (χ3n) is 2.48. The summed E-state index contributed by atoms with van der Waals surface area (Å²) in [6.07, 6.45) is 3.59. The predicted molar refractivity (Wildman–Crippen MR) is 72.8 cm³/mol. The average Bonchev–Trinajstić information content (AvgIpc) is 2.46. The standard InChI is InChI=1S/C15H18O4/c1-4-5-6-7-10-19-13-9-8-12(15(16)18-3)11-14(13)17-2/h5,8-9,11H,1,6-7,10H2,2-3H3. The molecule has 0 unspecified atom stereocenters. The number of ether oxygens (including phenoxy) is 3. The minimum absolute atomic E-state index is 0.402. The van der Waals surface area contributed by atoms with Crippen molar-refractivity contribution in [3.05, 3.63) is 42.1 Å². The first-order chi connectivity index (χ1) is 9.22. The fourth-order valence-electron chi connectivity index (χ4n) is 1.50. The molecule has 4 nitrogen and oxygen atoms in total. The van der Waals surface area contributed by atoms with Crippen LogP contribution in [0.3, 0.4) is 0 Å². The van der Waals surface area contributed by atoms with E-state index in [-0.39, 0.29) is 0 Å². The predicted octanol–water partition coefficient (Wildman–Crippen LogP) is 2.98. The lowest BCUT2D eigenvalue weighted by Gasteiger charge is -2.11. The highest BCUT2D eigenvalue weighted by Crippen LogP contribution is 2.28. The highest BCUT2D eigenvalue weighted by atomic mass is 16.5. The molecule has 4 heteroatoms. The lowest BCUT2D eigenvalue weighted by Crippen LogP contribution is -2.03. The van der Waals surface area contributed by atoms with Crippen molar-refractivity contribution in [1.29, 1.82) is 0 Å². The lowest BCUT2D eigenvalue weighted by atomic mass is 10.2. The summed E-state index contributed by atoms with van der Waals surface area (Å²) in [4.78, 5) is 11.4. The molecule has 0 radical (unpaired) electrons. The van der Waals surface area contributed by atoms with Crippen molar-refractivity contribution in [2.24, 2.45) is 0 Å². The molecule has 0 spiro atoms. The summed E-state index contributed by atoms with van der Waals surface area (Å²) in [5.74, 6) is 0.723. The number of carbonyl (C=O) groups excluding carboxylic acids is 1. The molecule has 0 atom stereocenters. The van der Waals surface area contributed by atoms with Gasteiger partial charge in [0, 0.05) is 0 Å². The highest BCUT2D eigenvalue weighted by Gasteiger charge is 2.10. The van der Waals surface area contributed by atoms with Crippen LogP contribution in [0, 0.1) is 0 Å². The van der Waals surface area contributed by atoms with Crippen molar-refractivity contribution < 1.29 is 19.0 Å². The van der Waals surface area contributed by atoms with E-state index in [9.17, 15) is 4.79 Å². The van der Waals surface area contributed by atoms with E-state index in [1.54, 1.807) is 18.2 Å². The average molecular weight is 262 g/mol. The zero-order chi connectivity index (χ0) is 14.1. The number of allylic oxidation sites excluding steroid dienone is 1. The van der Waals surface area contributed by atoms with Crippen LogP contribution in [0.5, 0.6) is 11.5 Å². The second kappa shape index (κ2) is 8.01. The first kappa shape index (κ1) is 14.9. The van der Waals surface area contributed by atoms with E-state index >= 15 is 0 Å². The topological polar surface area (TPSA) is 44.8 Å². The molecule has 0 heterocycles. The normalized spacial score (nSPS) is 9.37. The number of rotatable bonds is 7. The number of methoxy groups -OCH3 is 2. The second-order valence-corrected chi connectivity index (χ2v) is 3.76. The number of hydrogen-bond donors (Lipinski definition) is 0. The van der Waals surface area contributed by atoms with Crippen LogP contribution in [0.1, 0.15) is 23.2 Å². The molecule has 0 aliphatic rings. The molecule has 0 aromatic heterocycles. The Labute approximate surface area is 113 Å². The van der Waals surface area contributed by atoms with E-state index in [0.29, 0.717) is 23.7 Å².